The number of hydrogen-bond acceptors (Lipinski definition) is 7. The van der Waals surface area contributed by atoms with Crippen LogP contribution in [0.2, 0.25) is 0 Å². The molecule has 7 atom stereocenters. The van der Waals surface area contributed by atoms with Gasteiger partial charge in [0.2, 0.25) is 17.7 Å². The van der Waals surface area contributed by atoms with Crippen molar-refractivity contribution >= 4 is 29.5 Å². The summed E-state index contributed by atoms with van der Waals surface area (Å²) in [7, 11) is 1.75. The summed E-state index contributed by atoms with van der Waals surface area (Å²) in [5, 5.41) is 10.3. The monoisotopic (exact) mass is 548 g/mol. The van der Waals surface area contributed by atoms with Gasteiger partial charge in [-0.2, -0.15) is 0 Å². The fraction of sp³-hybridized carbons (Fsp3) is 0.750. The van der Waals surface area contributed by atoms with Crippen LogP contribution in [0.25, 0.3) is 0 Å². The van der Waals surface area contributed by atoms with Crippen LogP contribution in [0.5, 0.6) is 0 Å². The number of thioether (sulfide) groups is 1. The lowest BCUT2D eigenvalue weighted by Gasteiger charge is -2.42. The molecule has 2 bridgehead atoms. The number of hydrogen-bond donors (Lipinski definition) is 1. The van der Waals surface area contributed by atoms with Crippen molar-refractivity contribution in [2.75, 3.05) is 66.1 Å². The number of amides is 3. The van der Waals surface area contributed by atoms with E-state index < -0.39 is 28.7 Å². The minimum absolute atomic E-state index is 0.00780. The van der Waals surface area contributed by atoms with Gasteiger partial charge in [0.05, 0.1) is 42.4 Å². The zero-order valence-electron chi connectivity index (χ0n) is 23.1. The Labute approximate surface area is 231 Å². The molecule has 1 N–H and O–H groups in total. The summed E-state index contributed by atoms with van der Waals surface area (Å²) >= 11 is 1.68. The zero-order valence-corrected chi connectivity index (χ0v) is 23.9. The van der Waals surface area contributed by atoms with Gasteiger partial charge in [-0.25, -0.2) is 0 Å². The number of nitrogens with zero attached hydrogens (tertiary/aromatic N) is 4. The Balaban J connectivity index is 1.70. The van der Waals surface area contributed by atoms with E-state index in [4.69, 9.17) is 4.74 Å². The highest BCUT2D eigenvalue weighted by Crippen LogP contribution is 2.69. The van der Waals surface area contributed by atoms with E-state index in [0.717, 1.165) is 26.1 Å². The molecule has 4 rings (SSSR count). The van der Waals surface area contributed by atoms with E-state index in [2.05, 4.69) is 25.0 Å². The van der Waals surface area contributed by atoms with Crippen LogP contribution >= 0.6 is 11.8 Å². The number of ether oxygens (including phenoxy) is 1. The normalized spacial score (nSPS) is 33.2. The molecule has 0 aromatic carbocycles. The topological polar surface area (TPSA) is 93.6 Å². The van der Waals surface area contributed by atoms with Gasteiger partial charge < -0.3 is 24.5 Å². The molecular weight excluding hydrogens is 504 g/mol. The fourth-order valence-electron chi connectivity index (χ4n) is 7.07. The molecule has 9 nitrogen and oxygen atoms in total. The molecule has 38 heavy (non-hydrogen) atoms. The van der Waals surface area contributed by atoms with Gasteiger partial charge in [-0.05, 0) is 18.8 Å². The maximum Gasteiger partial charge on any atom is 0.247 e. The molecule has 4 aliphatic heterocycles. The Morgan fingerprint density at radius 1 is 1.24 bits per heavy atom. The molecule has 4 saturated heterocycles. The number of carbonyl (C=O) groups excluding carboxylic acids is 3. The van der Waals surface area contributed by atoms with Gasteiger partial charge in [0.15, 0.2) is 0 Å². The van der Waals surface area contributed by atoms with E-state index in [0.29, 0.717) is 39.3 Å². The smallest absolute Gasteiger partial charge is 0.247 e. The third-order valence-electron chi connectivity index (χ3n) is 9.01. The third-order valence-corrected chi connectivity index (χ3v) is 11.1. The molecule has 4 heterocycles. The first-order valence-corrected chi connectivity index (χ1v) is 14.8. The highest BCUT2D eigenvalue weighted by Gasteiger charge is 2.76. The Hall–Kier alpha value is -1.88. The average molecular weight is 549 g/mol. The minimum Gasteiger partial charge on any atom is -0.394 e. The fourth-order valence-corrected chi connectivity index (χ4v) is 9.47. The summed E-state index contributed by atoms with van der Waals surface area (Å²) in [5.74, 6) is -1.31. The van der Waals surface area contributed by atoms with E-state index in [9.17, 15) is 19.5 Å². The van der Waals surface area contributed by atoms with Gasteiger partial charge in [0, 0.05) is 51.6 Å². The van der Waals surface area contributed by atoms with E-state index in [1.165, 1.54) is 0 Å². The molecule has 10 heteroatoms. The van der Waals surface area contributed by atoms with Crippen LogP contribution in [0.3, 0.4) is 0 Å². The molecule has 0 aromatic rings. The molecule has 4 aliphatic rings. The maximum absolute atomic E-state index is 14.5. The van der Waals surface area contributed by atoms with Crippen LogP contribution in [0.15, 0.2) is 25.3 Å². The largest absolute Gasteiger partial charge is 0.394 e. The molecular formula is C28H44N4O5S. The number of rotatable bonds is 12. The summed E-state index contributed by atoms with van der Waals surface area (Å²) in [6.07, 6.45) is 4.74. The first-order valence-electron chi connectivity index (χ1n) is 13.9. The summed E-state index contributed by atoms with van der Waals surface area (Å²) in [5.41, 5.74) is 0. The predicted octanol–water partition coefficient (Wildman–Crippen LogP) is 1.09. The van der Waals surface area contributed by atoms with Crippen molar-refractivity contribution in [3.05, 3.63) is 25.3 Å². The molecule has 4 fully saturated rings. The number of morpholine rings is 1. The van der Waals surface area contributed by atoms with Crippen LogP contribution < -0.4 is 0 Å². The van der Waals surface area contributed by atoms with Crippen molar-refractivity contribution in [1.29, 1.82) is 0 Å². The number of likely N-dealkylation sites (N-methyl/N-ethyl adjacent to an activating group) is 1. The van der Waals surface area contributed by atoms with Crippen LogP contribution in [-0.2, 0) is 19.1 Å². The first-order chi connectivity index (χ1) is 18.3. The van der Waals surface area contributed by atoms with Crippen molar-refractivity contribution in [1.82, 2.24) is 19.6 Å². The van der Waals surface area contributed by atoms with Gasteiger partial charge in [-0.3, -0.25) is 19.3 Å². The molecule has 3 unspecified atom stereocenters. The van der Waals surface area contributed by atoms with E-state index >= 15 is 0 Å². The van der Waals surface area contributed by atoms with Gasteiger partial charge in [0.1, 0.15) is 6.04 Å². The van der Waals surface area contributed by atoms with Crippen LogP contribution in [0.1, 0.15) is 26.7 Å². The number of aliphatic hydroxyl groups is 1. The molecule has 1 spiro atoms. The lowest BCUT2D eigenvalue weighted by molar-refractivity contribution is -0.147. The van der Waals surface area contributed by atoms with Crippen LogP contribution in [0.4, 0.5) is 0 Å². The van der Waals surface area contributed by atoms with Crippen molar-refractivity contribution in [2.45, 2.75) is 48.8 Å². The van der Waals surface area contributed by atoms with E-state index in [1.807, 2.05) is 11.8 Å². The Bertz CT molecular complexity index is 923. The Kier molecular flexibility index (Phi) is 9.27. The number of likely N-dealkylation sites (tertiary alicyclic amines) is 1. The molecule has 3 amide bonds. The molecule has 0 aliphatic carbocycles. The second-order valence-corrected chi connectivity index (χ2v) is 12.6. The van der Waals surface area contributed by atoms with Gasteiger partial charge in [-0.1, -0.05) is 26.0 Å². The Morgan fingerprint density at radius 2 is 1.92 bits per heavy atom. The first kappa shape index (κ1) is 29.1. The summed E-state index contributed by atoms with van der Waals surface area (Å²) < 4.78 is 4.77. The second kappa shape index (κ2) is 12.1. The lowest BCUT2D eigenvalue weighted by Crippen LogP contribution is -2.60. The van der Waals surface area contributed by atoms with Gasteiger partial charge in [0.25, 0.3) is 0 Å². The highest BCUT2D eigenvalue weighted by atomic mass is 32.2. The van der Waals surface area contributed by atoms with Crippen molar-refractivity contribution in [2.24, 2.45) is 17.8 Å². The summed E-state index contributed by atoms with van der Waals surface area (Å²) in [4.78, 5) is 49.8. The molecule has 212 valence electrons. The lowest BCUT2D eigenvalue weighted by atomic mass is 9.65. The number of fused-ring (bicyclic) bond motifs is 1. The molecule has 0 radical (unpaired) electrons. The third kappa shape index (κ3) is 4.82. The quantitative estimate of drug-likeness (QED) is 0.365. The van der Waals surface area contributed by atoms with E-state index in [1.54, 1.807) is 40.8 Å². The SMILES string of the molecule is C=CCN(C)C(=O)[C@@H]1[C@@H]2CC(C)C3(S2)C(C(=O)N(CC=C)CCN2CCOCC2)N([C@@H](CC)CO)C(=O)[C@H]13. The zero-order chi connectivity index (χ0) is 27.6. The van der Waals surface area contributed by atoms with Crippen LogP contribution in [0, 0.1) is 17.8 Å². The maximum atomic E-state index is 14.5. The van der Waals surface area contributed by atoms with Gasteiger partial charge in [-0.15, -0.1) is 24.9 Å². The second-order valence-electron chi connectivity index (χ2n) is 11.1. The summed E-state index contributed by atoms with van der Waals surface area (Å²) in [6, 6.07) is -1.20. The molecule has 0 aromatic heterocycles. The summed E-state index contributed by atoms with van der Waals surface area (Å²) in [6.45, 7) is 16.5. The van der Waals surface area contributed by atoms with E-state index in [-0.39, 0.29) is 35.5 Å². The van der Waals surface area contributed by atoms with Crippen LogP contribution in [-0.4, -0.2) is 131 Å². The number of carbonyl (C=O) groups is 3. The van der Waals surface area contributed by atoms with Crippen molar-refractivity contribution in [3.8, 4) is 0 Å². The van der Waals surface area contributed by atoms with Crippen molar-refractivity contribution < 1.29 is 24.2 Å². The predicted molar refractivity (Wildman–Crippen MR) is 149 cm³/mol. The number of aliphatic hydroxyl groups excluding tert-OH is 1. The standard InChI is InChI=1S/C28H44N4O5S/c1-6-9-29(5)25(34)22-21-17-19(4)28(38-21)23(22)26(35)32(20(8-3)18-33)24(28)27(36)31(10-7-2)12-11-30-13-15-37-16-14-30/h6-7,19-24,33H,1-2,8-18H2,3-5H3/t19?,20-,21-,22+,23-,24?,28?/m0/s1. The van der Waals surface area contributed by atoms with Gasteiger partial charge >= 0.3 is 0 Å². The minimum atomic E-state index is -0.728. The molecule has 0 saturated carbocycles. The highest BCUT2D eigenvalue weighted by molar-refractivity contribution is 8.02. The Morgan fingerprint density at radius 3 is 2.53 bits per heavy atom. The van der Waals surface area contributed by atoms with Crippen molar-refractivity contribution in [3.63, 3.8) is 0 Å². The average Bonchev–Trinajstić information content (AvgIpc) is 3.51.